The lowest BCUT2D eigenvalue weighted by atomic mass is 9.82. The van der Waals surface area contributed by atoms with Gasteiger partial charge in [0.15, 0.2) is 0 Å². The number of rotatable bonds is 8. The smallest absolute Gasteiger partial charge is 0.220 e. The van der Waals surface area contributed by atoms with Crippen molar-refractivity contribution in [3.63, 3.8) is 0 Å². The summed E-state index contributed by atoms with van der Waals surface area (Å²) in [7, 11) is 0. The Hall–Kier alpha value is -0.570. The molecule has 0 radical (unpaired) electrons. The molecule has 0 aliphatic heterocycles. The van der Waals surface area contributed by atoms with E-state index in [1.165, 1.54) is 0 Å². The minimum absolute atomic E-state index is 0.189. The standard InChI is InChI=1S/C14H30N2O/c1-12(14(2,3)4)11-16-13(17)9-7-5-6-8-10-15/h12H,5-11,15H2,1-4H3,(H,16,17). The topological polar surface area (TPSA) is 55.1 Å². The highest BCUT2D eigenvalue weighted by Crippen LogP contribution is 2.24. The molecule has 0 saturated carbocycles. The molecule has 0 aliphatic rings. The second-order valence-corrected chi connectivity index (χ2v) is 6.02. The van der Waals surface area contributed by atoms with Crippen molar-refractivity contribution in [1.82, 2.24) is 5.32 Å². The fourth-order valence-corrected chi connectivity index (χ4v) is 1.44. The molecular weight excluding hydrogens is 212 g/mol. The van der Waals surface area contributed by atoms with Crippen LogP contribution in [0.4, 0.5) is 0 Å². The van der Waals surface area contributed by atoms with Gasteiger partial charge in [0.25, 0.3) is 0 Å². The van der Waals surface area contributed by atoms with Crippen LogP contribution in [-0.2, 0) is 4.79 Å². The van der Waals surface area contributed by atoms with Gasteiger partial charge < -0.3 is 11.1 Å². The number of hydrogen-bond donors (Lipinski definition) is 2. The molecule has 0 aromatic heterocycles. The van der Waals surface area contributed by atoms with Crippen molar-refractivity contribution in [1.29, 1.82) is 0 Å². The fourth-order valence-electron chi connectivity index (χ4n) is 1.44. The summed E-state index contributed by atoms with van der Waals surface area (Å²) in [6, 6.07) is 0. The van der Waals surface area contributed by atoms with Crippen LogP contribution in [0.5, 0.6) is 0 Å². The van der Waals surface area contributed by atoms with Crippen molar-refractivity contribution in [2.24, 2.45) is 17.1 Å². The van der Waals surface area contributed by atoms with Crippen molar-refractivity contribution in [3.8, 4) is 0 Å². The van der Waals surface area contributed by atoms with E-state index in [4.69, 9.17) is 5.73 Å². The molecule has 0 aromatic rings. The molecule has 0 saturated heterocycles. The summed E-state index contributed by atoms with van der Waals surface area (Å²) in [5.74, 6) is 0.692. The first-order valence-corrected chi connectivity index (χ1v) is 6.84. The Morgan fingerprint density at radius 1 is 1.18 bits per heavy atom. The van der Waals surface area contributed by atoms with E-state index in [1.807, 2.05) is 0 Å². The Labute approximate surface area is 107 Å². The maximum absolute atomic E-state index is 11.6. The summed E-state index contributed by atoms with van der Waals surface area (Å²) in [6.45, 7) is 10.3. The summed E-state index contributed by atoms with van der Waals surface area (Å²) >= 11 is 0. The second-order valence-electron chi connectivity index (χ2n) is 6.02. The van der Waals surface area contributed by atoms with E-state index in [-0.39, 0.29) is 11.3 Å². The van der Waals surface area contributed by atoms with E-state index < -0.39 is 0 Å². The van der Waals surface area contributed by atoms with Crippen molar-refractivity contribution in [2.75, 3.05) is 13.1 Å². The third kappa shape index (κ3) is 9.16. The Balaban J connectivity index is 3.53. The van der Waals surface area contributed by atoms with E-state index in [0.29, 0.717) is 12.3 Å². The zero-order chi connectivity index (χ0) is 13.3. The summed E-state index contributed by atoms with van der Waals surface area (Å²) < 4.78 is 0. The van der Waals surface area contributed by atoms with Gasteiger partial charge in [0, 0.05) is 13.0 Å². The van der Waals surface area contributed by atoms with Crippen molar-refractivity contribution >= 4 is 5.91 Å². The SMILES string of the molecule is CC(CNC(=O)CCCCCCN)C(C)(C)C. The summed E-state index contributed by atoms with van der Waals surface area (Å²) in [6.07, 6.45) is 4.96. The third-order valence-corrected chi connectivity index (χ3v) is 3.44. The molecule has 17 heavy (non-hydrogen) atoms. The predicted molar refractivity (Wildman–Crippen MR) is 73.8 cm³/mol. The highest BCUT2D eigenvalue weighted by molar-refractivity contribution is 5.75. The van der Waals surface area contributed by atoms with Gasteiger partial charge in [-0.1, -0.05) is 40.5 Å². The van der Waals surface area contributed by atoms with Gasteiger partial charge in [-0.05, 0) is 30.7 Å². The minimum atomic E-state index is 0.189. The van der Waals surface area contributed by atoms with Crippen LogP contribution in [0.15, 0.2) is 0 Å². The highest BCUT2D eigenvalue weighted by Gasteiger charge is 2.19. The van der Waals surface area contributed by atoms with E-state index in [9.17, 15) is 4.79 Å². The van der Waals surface area contributed by atoms with E-state index in [2.05, 4.69) is 33.0 Å². The van der Waals surface area contributed by atoms with E-state index in [0.717, 1.165) is 38.8 Å². The van der Waals surface area contributed by atoms with Crippen LogP contribution in [0.1, 0.15) is 59.8 Å². The lowest BCUT2D eigenvalue weighted by Crippen LogP contribution is -2.33. The molecule has 0 aromatic carbocycles. The molecule has 1 atom stereocenters. The predicted octanol–water partition coefficient (Wildman–Crippen LogP) is 2.69. The maximum atomic E-state index is 11.6. The van der Waals surface area contributed by atoms with Gasteiger partial charge in [0.1, 0.15) is 0 Å². The largest absolute Gasteiger partial charge is 0.356 e. The van der Waals surface area contributed by atoms with Crippen molar-refractivity contribution < 1.29 is 4.79 Å². The lowest BCUT2D eigenvalue weighted by Gasteiger charge is -2.27. The molecule has 0 fully saturated rings. The number of amides is 1. The molecule has 0 heterocycles. The molecule has 0 bridgehead atoms. The Morgan fingerprint density at radius 2 is 1.76 bits per heavy atom. The molecule has 3 N–H and O–H groups in total. The first kappa shape index (κ1) is 16.4. The second kappa shape index (κ2) is 8.51. The molecule has 0 aliphatic carbocycles. The van der Waals surface area contributed by atoms with Crippen LogP contribution in [-0.4, -0.2) is 19.0 Å². The average molecular weight is 242 g/mol. The van der Waals surface area contributed by atoms with Gasteiger partial charge in [-0.2, -0.15) is 0 Å². The van der Waals surface area contributed by atoms with Crippen LogP contribution in [0.2, 0.25) is 0 Å². The summed E-state index contributed by atoms with van der Waals surface area (Å²) in [5.41, 5.74) is 5.67. The van der Waals surface area contributed by atoms with Gasteiger partial charge in [0.05, 0.1) is 0 Å². The lowest BCUT2D eigenvalue weighted by molar-refractivity contribution is -0.121. The molecule has 3 nitrogen and oxygen atoms in total. The maximum Gasteiger partial charge on any atom is 0.220 e. The Morgan fingerprint density at radius 3 is 2.29 bits per heavy atom. The molecule has 1 amide bonds. The van der Waals surface area contributed by atoms with E-state index >= 15 is 0 Å². The number of nitrogens with two attached hydrogens (primary N) is 1. The number of nitrogens with one attached hydrogen (secondary N) is 1. The van der Waals surface area contributed by atoms with Crippen molar-refractivity contribution in [3.05, 3.63) is 0 Å². The first-order valence-electron chi connectivity index (χ1n) is 6.84. The van der Waals surface area contributed by atoms with Gasteiger partial charge in [-0.25, -0.2) is 0 Å². The molecule has 3 heteroatoms. The number of unbranched alkanes of at least 4 members (excludes halogenated alkanes) is 3. The zero-order valence-corrected chi connectivity index (χ0v) is 12.0. The van der Waals surface area contributed by atoms with Gasteiger partial charge >= 0.3 is 0 Å². The molecule has 0 spiro atoms. The zero-order valence-electron chi connectivity index (χ0n) is 12.0. The highest BCUT2D eigenvalue weighted by atomic mass is 16.1. The molecule has 1 unspecified atom stereocenters. The van der Waals surface area contributed by atoms with Crippen LogP contribution in [0.25, 0.3) is 0 Å². The van der Waals surface area contributed by atoms with Crippen LogP contribution >= 0.6 is 0 Å². The van der Waals surface area contributed by atoms with Crippen molar-refractivity contribution in [2.45, 2.75) is 59.8 Å². The van der Waals surface area contributed by atoms with Crippen LogP contribution in [0.3, 0.4) is 0 Å². The normalized spacial score (nSPS) is 13.5. The molecule has 0 rings (SSSR count). The molecule has 102 valence electrons. The molecular formula is C14H30N2O. The number of carbonyl (C=O) groups is 1. The van der Waals surface area contributed by atoms with Gasteiger partial charge in [-0.15, -0.1) is 0 Å². The van der Waals surface area contributed by atoms with Gasteiger partial charge in [-0.3, -0.25) is 4.79 Å². The Kier molecular flexibility index (Phi) is 8.23. The fraction of sp³-hybridized carbons (Fsp3) is 0.929. The quantitative estimate of drug-likeness (QED) is 0.643. The first-order chi connectivity index (χ1) is 7.88. The van der Waals surface area contributed by atoms with Crippen LogP contribution < -0.4 is 11.1 Å². The monoisotopic (exact) mass is 242 g/mol. The third-order valence-electron chi connectivity index (χ3n) is 3.44. The van der Waals surface area contributed by atoms with Crippen LogP contribution in [0, 0.1) is 11.3 Å². The summed E-state index contributed by atoms with van der Waals surface area (Å²) in [5, 5.41) is 3.02. The average Bonchev–Trinajstić information content (AvgIpc) is 2.24. The number of carbonyl (C=O) groups excluding carboxylic acids is 1. The van der Waals surface area contributed by atoms with Gasteiger partial charge in [0.2, 0.25) is 5.91 Å². The Bertz CT molecular complexity index is 209. The van der Waals surface area contributed by atoms with E-state index in [1.54, 1.807) is 0 Å². The number of hydrogen-bond acceptors (Lipinski definition) is 2. The summed E-state index contributed by atoms with van der Waals surface area (Å²) in [4.78, 5) is 11.6. The minimum Gasteiger partial charge on any atom is -0.356 e.